The van der Waals surface area contributed by atoms with Crippen LogP contribution in [0, 0.1) is 5.92 Å². The van der Waals surface area contributed by atoms with E-state index in [0.29, 0.717) is 11.1 Å². The molecule has 0 spiro atoms. The monoisotopic (exact) mass is 270 g/mol. The molecule has 1 fully saturated rings. The first-order valence-electron chi connectivity index (χ1n) is 6.31. The normalized spacial score (nSPS) is 23.7. The summed E-state index contributed by atoms with van der Waals surface area (Å²) in [5.41, 5.74) is 0.718. The Labute approximate surface area is 112 Å². The summed E-state index contributed by atoms with van der Waals surface area (Å²) in [5, 5.41) is 16.3. The number of nitrogens with one attached hydrogen (secondary N) is 2. The minimum Gasteiger partial charge on any atom is -0.393 e. The van der Waals surface area contributed by atoms with Gasteiger partial charge >= 0.3 is 0 Å². The number of aliphatic hydroxyl groups excluding tert-OH is 1. The zero-order chi connectivity index (χ0) is 13.0. The van der Waals surface area contributed by atoms with Gasteiger partial charge in [-0.15, -0.1) is 0 Å². The molecule has 3 N–H and O–H groups in total. The highest BCUT2D eigenvalue weighted by Gasteiger charge is 2.20. The molecule has 0 aliphatic heterocycles. The molecule has 1 aliphatic rings. The van der Waals surface area contributed by atoms with Crippen molar-refractivity contribution in [2.24, 2.45) is 5.92 Å². The summed E-state index contributed by atoms with van der Waals surface area (Å²) in [6.45, 7) is 0.805. The van der Waals surface area contributed by atoms with E-state index in [0.717, 1.165) is 43.7 Å². The van der Waals surface area contributed by atoms with E-state index in [4.69, 9.17) is 11.6 Å². The van der Waals surface area contributed by atoms with Gasteiger partial charge in [-0.3, -0.25) is 0 Å². The largest absolute Gasteiger partial charge is 0.393 e. The van der Waals surface area contributed by atoms with E-state index in [1.807, 2.05) is 0 Å². The second-order valence-corrected chi connectivity index (χ2v) is 5.06. The molecule has 1 saturated carbocycles. The van der Waals surface area contributed by atoms with Crippen LogP contribution in [0.5, 0.6) is 0 Å². The average molecular weight is 271 g/mol. The molecule has 100 valence electrons. The van der Waals surface area contributed by atoms with Gasteiger partial charge in [0, 0.05) is 13.6 Å². The van der Waals surface area contributed by atoms with Crippen LogP contribution in [0.3, 0.4) is 0 Å². The van der Waals surface area contributed by atoms with Crippen LogP contribution >= 0.6 is 11.6 Å². The van der Waals surface area contributed by atoms with E-state index >= 15 is 0 Å². The molecule has 1 aliphatic carbocycles. The predicted molar refractivity (Wildman–Crippen MR) is 73.0 cm³/mol. The van der Waals surface area contributed by atoms with Gasteiger partial charge < -0.3 is 15.7 Å². The Kier molecular flexibility index (Phi) is 4.60. The maximum Gasteiger partial charge on any atom is 0.157 e. The number of rotatable bonds is 4. The fourth-order valence-corrected chi connectivity index (χ4v) is 2.64. The molecule has 0 saturated heterocycles. The maximum absolute atomic E-state index is 9.63. The maximum atomic E-state index is 9.63. The van der Waals surface area contributed by atoms with Gasteiger partial charge in [-0.25, -0.2) is 9.97 Å². The molecule has 0 radical (unpaired) electrons. The van der Waals surface area contributed by atoms with Gasteiger partial charge in [0.15, 0.2) is 11.0 Å². The van der Waals surface area contributed by atoms with Crippen LogP contribution in [0.1, 0.15) is 25.7 Å². The molecule has 0 amide bonds. The van der Waals surface area contributed by atoms with Crippen LogP contribution < -0.4 is 10.6 Å². The number of hydrogen-bond acceptors (Lipinski definition) is 5. The average Bonchev–Trinajstić information content (AvgIpc) is 2.36. The molecule has 2 rings (SSSR count). The van der Waals surface area contributed by atoms with Crippen LogP contribution in [0.4, 0.5) is 11.5 Å². The van der Waals surface area contributed by atoms with Gasteiger partial charge in [-0.2, -0.15) is 0 Å². The molecule has 6 heteroatoms. The third-order valence-electron chi connectivity index (χ3n) is 3.36. The molecule has 18 heavy (non-hydrogen) atoms. The van der Waals surface area contributed by atoms with E-state index in [-0.39, 0.29) is 6.10 Å². The SMILES string of the molecule is CNc1c(Cl)ncnc1NCC1CCCC(O)C1. The fourth-order valence-electron chi connectivity index (χ4n) is 2.41. The van der Waals surface area contributed by atoms with Crippen molar-refractivity contribution in [3.8, 4) is 0 Å². The number of halogens is 1. The molecule has 2 atom stereocenters. The van der Waals surface area contributed by atoms with E-state index in [9.17, 15) is 5.11 Å². The first kappa shape index (κ1) is 13.4. The summed E-state index contributed by atoms with van der Waals surface area (Å²) in [5.74, 6) is 1.21. The fraction of sp³-hybridized carbons (Fsp3) is 0.667. The minimum absolute atomic E-state index is 0.150. The Morgan fingerprint density at radius 1 is 1.44 bits per heavy atom. The van der Waals surface area contributed by atoms with E-state index in [1.54, 1.807) is 7.05 Å². The Hall–Kier alpha value is -1.07. The highest BCUT2D eigenvalue weighted by Crippen LogP contribution is 2.28. The molecule has 1 aromatic rings. The Bertz CT molecular complexity index is 402. The minimum atomic E-state index is -0.150. The van der Waals surface area contributed by atoms with Crippen molar-refractivity contribution in [2.75, 3.05) is 24.2 Å². The summed E-state index contributed by atoms with van der Waals surface area (Å²) >= 11 is 5.98. The van der Waals surface area contributed by atoms with Crippen LogP contribution in [-0.4, -0.2) is 34.8 Å². The number of aliphatic hydroxyl groups is 1. The quantitative estimate of drug-likeness (QED) is 0.731. The second-order valence-electron chi connectivity index (χ2n) is 4.71. The highest BCUT2D eigenvalue weighted by molar-refractivity contribution is 6.32. The van der Waals surface area contributed by atoms with E-state index in [1.165, 1.54) is 6.33 Å². The first-order chi connectivity index (χ1) is 8.70. The lowest BCUT2D eigenvalue weighted by molar-refractivity contribution is 0.104. The molecule has 5 nitrogen and oxygen atoms in total. The summed E-state index contributed by atoms with van der Waals surface area (Å²) in [6.07, 6.45) is 5.33. The topological polar surface area (TPSA) is 70.1 Å². The highest BCUT2D eigenvalue weighted by atomic mass is 35.5. The van der Waals surface area contributed by atoms with Crippen molar-refractivity contribution < 1.29 is 5.11 Å². The summed E-state index contributed by atoms with van der Waals surface area (Å²) in [6, 6.07) is 0. The summed E-state index contributed by atoms with van der Waals surface area (Å²) < 4.78 is 0. The molecule has 0 bridgehead atoms. The van der Waals surface area contributed by atoms with Crippen molar-refractivity contribution in [1.29, 1.82) is 0 Å². The van der Waals surface area contributed by atoms with E-state index in [2.05, 4.69) is 20.6 Å². The third kappa shape index (κ3) is 3.23. The summed E-state index contributed by atoms with van der Waals surface area (Å²) in [7, 11) is 1.79. The van der Waals surface area contributed by atoms with Crippen LogP contribution in [-0.2, 0) is 0 Å². The summed E-state index contributed by atoms with van der Waals surface area (Å²) in [4.78, 5) is 8.11. The molecule has 1 aromatic heterocycles. The van der Waals surface area contributed by atoms with Gasteiger partial charge in [0.05, 0.1) is 6.10 Å². The predicted octanol–water partition coefficient (Wildman–Crippen LogP) is 2.13. The lowest BCUT2D eigenvalue weighted by Gasteiger charge is -2.26. The van der Waals surface area contributed by atoms with Crippen molar-refractivity contribution in [2.45, 2.75) is 31.8 Å². The Morgan fingerprint density at radius 2 is 2.28 bits per heavy atom. The Morgan fingerprint density at radius 3 is 3.00 bits per heavy atom. The number of aromatic nitrogens is 2. The van der Waals surface area contributed by atoms with Gasteiger partial charge in [-0.05, 0) is 25.2 Å². The molecular weight excluding hydrogens is 252 g/mol. The van der Waals surface area contributed by atoms with Gasteiger partial charge in [0.25, 0.3) is 0 Å². The first-order valence-corrected chi connectivity index (χ1v) is 6.68. The lowest BCUT2D eigenvalue weighted by atomic mass is 9.87. The van der Waals surface area contributed by atoms with E-state index < -0.39 is 0 Å². The number of hydrogen-bond donors (Lipinski definition) is 3. The van der Waals surface area contributed by atoms with Crippen molar-refractivity contribution in [3.05, 3.63) is 11.5 Å². The lowest BCUT2D eigenvalue weighted by Crippen LogP contribution is -2.25. The zero-order valence-electron chi connectivity index (χ0n) is 10.5. The third-order valence-corrected chi connectivity index (χ3v) is 3.65. The second kappa shape index (κ2) is 6.20. The van der Waals surface area contributed by atoms with Crippen LogP contribution in [0.2, 0.25) is 5.15 Å². The van der Waals surface area contributed by atoms with Gasteiger partial charge in [0.2, 0.25) is 0 Å². The zero-order valence-corrected chi connectivity index (χ0v) is 11.2. The standard InChI is InChI=1S/C12H19ClN4O/c1-14-10-11(13)16-7-17-12(10)15-6-8-3-2-4-9(18)5-8/h7-9,14,18H,2-6H2,1H3,(H,15,16,17). The molecule has 0 aromatic carbocycles. The number of nitrogens with zero attached hydrogens (tertiary/aromatic N) is 2. The van der Waals surface area contributed by atoms with Gasteiger partial charge in [-0.1, -0.05) is 18.0 Å². The van der Waals surface area contributed by atoms with Crippen molar-refractivity contribution >= 4 is 23.1 Å². The number of anilines is 2. The van der Waals surface area contributed by atoms with Gasteiger partial charge in [0.1, 0.15) is 12.0 Å². The smallest absolute Gasteiger partial charge is 0.157 e. The molecule has 2 unspecified atom stereocenters. The molecular formula is C12H19ClN4O. The van der Waals surface area contributed by atoms with Crippen LogP contribution in [0.15, 0.2) is 6.33 Å². The van der Waals surface area contributed by atoms with Crippen molar-refractivity contribution in [1.82, 2.24) is 9.97 Å². The molecule has 1 heterocycles. The van der Waals surface area contributed by atoms with Crippen LogP contribution in [0.25, 0.3) is 0 Å². The Balaban J connectivity index is 1.95. The van der Waals surface area contributed by atoms with Crippen molar-refractivity contribution in [3.63, 3.8) is 0 Å².